The van der Waals surface area contributed by atoms with Crippen molar-refractivity contribution in [1.82, 2.24) is 14.7 Å². The summed E-state index contributed by atoms with van der Waals surface area (Å²) in [5, 5.41) is 4.24. The zero-order valence-electron chi connectivity index (χ0n) is 13.8. The Labute approximate surface area is 130 Å². The van der Waals surface area contributed by atoms with Crippen LogP contribution in [0, 0.1) is 0 Å². The van der Waals surface area contributed by atoms with Crippen molar-refractivity contribution in [1.29, 1.82) is 0 Å². The van der Waals surface area contributed by atoms with E-state index < -0.39 is 11.6 Å². The Bertz CT molecular complexity index is 586. The van der Waals surface area contributed by atoms with Gasteiger partial charge >= 0.3 is 12.1 Å². The Hall–Kier alpha value is -2.05. The monoisotopic (exact) mass is 309 g/mol. The molecule has 0 spiro atoms. The second kappa shape index (κ2) is 5.98. The van der Waals surface area contributed by atoms with Gasteiger partial charge in [0, 0.05) is 31.3 Å². The van der Waals surface area contributed by atoms with Gasteiger partial charge in [-0.15, -0.1) is 0 Å². The van der Waals surface area contributed by atoms with Crippen molar-refractivity contribution in [2.45, 2.75) is 46.3 Å². The maximum absolute atomic E-state index is 12.2. The van der Waals surface area contributed by atoms with Crippen molar-refractivity contribution in [3.8, 4) is 0 Å². The molecule has 122 valence electrons. The van der Waals surface area contributed by atoms with Gasteiger partial charge in [-0.25, -0.2) is 9.59 Å². The lowest BCUT2D eigenvalue weighted by Gasteiger charge is -2.30. The number of esters is 1. The van der Waals surface area contributed by atoms with E-state index in [1.54, 1.807) is 23.6 Å². The standard InChI is InChI=1S/C15H23N3O4/c1-6-21-13(19)12-10-9-18(14(20)22-15(2,3)4)8-7-11(10)17(5)16-12/h6-9H2,1-5H3. The summed E-state index contributed by atoms with van der Waals surface area (Å²) in [5.74, 6) is -0.453. The molecule has 0 bridgehead atoms. The molecule has 0 atom stereocenters. The minimum Gasteiger partial charge on any atom is -0.461 e. The number of carbonyl (C=O) groups excluding carboxylic acids is 2. The lowest BCUT2D eigenvalue weighted by Crippen LogP contribution is -2.40. The highest BCUT2D eigenvalue weighted by Crippen LogP contribution is 2.24. The number of ether oxygens (including phenoxy) is 2. The van der Waals surface area contributed by atoms with E-state index in [1.165, 1.54) is 0 Å². The fourth-order valence-corrected chi connectivity index (χ4v) is 2.44. The number of amides is 1. The molecule has 1 aromatic heterocycles. The van der Waals surface area contributed by atoms with Crippen molar-refractivity contribution in [2.24, 2.45) is 7.05 Å². The fraction of sp³-hybridized carbons (Fsp3) is 0.667. The number of aryl methyl sites for hydroxylation is 1. The molecule has 0 fully saturated rings. The Balaban J connectivity index is 2.22. The van der Waals surface area contributed by atoms with Crippen LogP contribution in [0.25, 0.3) is 0 Å². The van der Waals surface area contributed by atoms with E-state index in [1.807, 2.05) is 20.8 Å². The third-order valence-electron chi connectivity index (χ3n) is 3.36. The first-order chi connectivity index (χ1) is 10.2. The van der Waals surface area contributed by atoms with Gasteiger partial charge < -0.3 is 14.4 Å². The van der Waals surface area contributed by atoms with Crippen LogP contribution in [-0.2, 0) is 29.5 Å². The highest BCUT2D eigenvalue weighted by Gasteiger charge is 2.31. The second-order valence-corrected chi connectivity index (χ2v) is 6.27. The summed E-state index contributed by atoms with van der Waals surface area (Å²) in [5.41, 5.74) is 1.45. The summed E-state index contributed by atoms with van der Waals surface area (Å²) in [6.45, 7) is 8.38. The molecule has 22 heavy (non-hydrogen) atoms. The number of nitrogens with zero attached hydrogens (tertiary/aromatic N) is 3. The van der Waals surface area contributed by atoms with Gasteiger partial charge in [0.2, 0.25) is 0 Å². The highest BCUT2D eigenvalue weighted by atomic mass is 16.6. The SMILES string of the molecule is CCOC(=O)c1nn(C)c2c1CN(C(=O)OC(C)(C)C)CC2. The van der Waals surface area contributed by atoms with Crippen molar-refractivity contribution in [3.63, 3.8) is 0 Å². The maximum Gasteiger partial charge on any atom is 0.410 e. The molecule has 2 heterocycles. The minimum absolute atomic E-state index is 0.285. The first-order valence-corrected chi connectivity index (χ1v) is 7.42. The van der Waals surface area contributed by atoms with Gasteiger partial charge in [-0.1, -0.05) is 0 Å². The third-order valence-corrected chi connectivity index (χ3v) is 3.36. The molecule has 1 aliphatic heterocycles. The highest BCUT2D eigenvalue weighted by molar-refractivity contribution is 5.89. The molecule has 0 saturated carbocycles. The molecule has 1 amide bonds. The molecule has 0 N–H and O–H groups in total. The van der Waals surface area contributed by atoms with E-state index in [2.05, 4.69) is 5.10 Å². The Morgan fingerprint density at radius 3 is 2.59 bits per heavy atom. The fourth-order valence-electron chi connectivity index (χ4n) is 2.44. The van der Waals surface area contributed by atoms with E-state index in [4.69, 9.17) is 9.47 Å². The lowest BCUT2D eigenvalue weighted by atomic mass is 10.1. The van der Waals surface area contributed by atoms with Crippen molar-refractivity contribution >= 4 is 12.1 Å². The van der Waals surface area contributed by atoms with Crippen LogP contribution in [0.5, 0.6) is 0 Å². The van der Waals surface area contributed by atoms with Gasteiger partial charge in [0.05, 0.1) is 13.2 Å². The Kier molecular flexibility index (Phi) is 4.44. The summed E-state index contributed by atoms with van der Waals surface area (Å²) in [6.07, 6.45) is 0.258. The largest absolute Gasteiger partial charge is 0.461 e. The van der Waals surface area contributed by atoms with Crippen LogP contribution in [0.1, 0.15) is 49.4 Å². The zero-order valence-corrected chi connectivity index (χ0v) is 13.8. The minimum atomic E-state index is -0.545. The molecule has 0 aromatic carbocycles. The number of carbonyl (C=O) groups is 2. The molecule has 1 aromatic rings. The molecule has 0 saturated heterocycles. The number of aromatic nitrogens is 2. The predicted molar refractivity (Wildman–Crippen MR) is 79.5 cm³/mol. The van der Waals surface area contributed by atoms with Crippen LogP contribution in [0.3, 0.4) is 0 Å². The van der Waals surface area contributed by atoms with Gasteiger partial charge in [0.25, 0.3) is 0 Å². The average molecular weight is 309 g/mol. The molecule has 2 rings (SSSR count). The molecule has 0 unspecified atom stereocenters. The molecule has 7 heteroatoms. The molecular weight excluding hydrogens is 286 g/mol. The van der Waals surface area contributed by atoms with Gasteiger partial charge in [-0.05, 0) is 27.7 Å². The summed E-state index contributed by atoms with van der Waals surface area (Å²) < 4.78 is 12.1. The molecule has 0 radical (unpaired) electrons. The van der Waals surface area contributed by atoms with Gasteiger partial charge in [-0.3, -0.25) is 4.68 Å². The number of hydrogen-bond acceptors (Lipinski definition) is 5. The van der Waals surface area contributed by atoms with E-state index in [0.717, 1.165) is 11.3 Å². The van der Waals surface area contributed by atoms with Crippen LogP contribution in [-0.4, -0.2) is 45.5 Å². The second-order valence-electron chi connectivity index (χ2n) is 6.27. The number of hydrogen-bond donors (Lipinski definition) is 0. The van der Waals surface area contributed by atoms with Crippen LogP contribution >= 0.6 is 0 Å². The predicted octanol–water partition coefficient (Wildman–Crippen LogP) is 1.89. The van der Waals surface area contributed by atoms with Crippen molar-refractivity contribution in [2.75, 3.05) is 13.2 Å². The first kappa shape index (κ1) is 16.3. The van der Waals surface area contributed by atoms with Crippen molar-refractivity contribution in [3.05, 3.63) is 17.0 Å². The molecule has 1 aliphatic rings. The smallest absolute Gasteiger partial charge is 0.410 e. The first-order valence-electron chi connectivity index (χ1n) is 7.42. The van der Waals surface area contributed by atoms with E-state index in [9.17, 15) is 9.59 Å². The summed E-state index contributed by atoms with van der Waals surface area (Å²) in [7, 11) is 1.80. The number of fused-ring (bicyclic) bond motifs is 1. The summed E-state index contributed by atoms with van der Waals surface area (Å²) in [4.78, 5) is 25.8. The van der Waals surface area contributed by atoms with E-state index in [-0.39, 0.29) is 11.8 Å². The summed E-state index contributed by atoms with van der Waals surface area (Å²) in [6, 6.07) is 0. The van der Waals surface area contributed by atoms with Crippen LogP contribution < -0.4 is 0 Å². The maximum atomic E-state index is 12.2. The summed E-state index contributed by atoms with van der Waals surface area (Å²) >= 11 is 0. The zero-order chi connectivity index (χ0) is 16.5. The van der Waals surface area contributed by atoms with Crippen LogP contribution in [0.15, 0.2) is 0 Å². The van der Waals surface area contributed by atoms with Gasteiger partial charge in [0.1, 0.15) is 5.60 Å². The quantitative estimate of drug-likeness (QED) is 0.780. The molecule has 0 aliphatic carbocycles. The van der Waals surface area contributed by atoms with E-state index >= 15 is 0 Å². The van der Waals surface area contributed by atoms with Crippen molar-refractivity contribution < 1.29 is 19.1 Å². The van der Waals surface area contributed by atoms with E-state index in [0.29, 0.717) is 26.1 Å². The van der Waals surface area contributed by atoms with Gasteiger partial charge in [-0.2, -0.15) is 5.10 Å². The Morgan fingerprint density at radius 1 is 1.32 bits per heavy atom. The lowest BCUT2D eigenvalue weighted by molar-refractivity contribution is 0.0219. The third kappa shape index (κ3) is 3.40. The van der Waals surface area contributed by atoms with Gasteiger partial charge in [0.15, 0.2) is 5.69 Å². The van der Waals surface area contributed by atoms with Crippen LogP contribution in [0.2, 0.25) is 0 Å². The average Bonchev–Trinajstić information content (AvgIpc) is 2.74. The molecule has 7 nitrogen and oxygen atoms in total. The topological polar surface area (TPSA) is 73.7 Å². The molecular formula is C15H23N3O4. The Morgan fingerprint density at radius 2 is 2.00 bits per heavy atom. The van der Waals surface area contributed by atoms with Crippen LogP contribution in [0.4, 0.5) is 4.79 Å². The normalized spacial score (nSPS) is 14.5. The number of rotatable bonds is 2.